The lowest BCUT2D eigenvalue weighted by molar-refractivity contribution is 0.122. The second-order valence-electron chi connectivity index (χ2n) is 3.83. The molecule has 0 bridgehead atoms. The number of nitrogens with one attached hydrogen (secondary N) is 1. The van der Waals surface area contributed by atoms with Gasteiger partial charge >= 0.3 is 0 Å². The molecular formula is C12H17NO3. The minimum absolute atomic E-state index is 0.0411. The van der Waals surface area contributed by atoms with E-state index in [9.17, 15) is 5.11 Å². The van der Waals surface area contributed by atoms with Crippen LogP contribution in [0, 0.1) is 0 Å². The second-order valence-corrected chi connectivity index (χ2v) is 3.83. The van der Waals surface area contributed by atoms with Gasteiger partial charge in [0, 0.05) is 6.54 Å². The van der Waals surface area contributed by atoms with E-state index >= 15 is 0 Å². The summed E-state index contributed by atoms with van der Waals surface area (Å²) < 4.78 is 10.6. The average molecular weight is 223 g/mol. The number of hydrogen-bond acceptors (Lipinski definition) is 4. The third kappa shape index (κ3) is 3.20. The van der Waals surface area contributed by atoms with E-state index in [-0.39, 0.29) is 6.04 Å². The maximum Gasteiger partial charge on any atom is 0.119 e. The predicted octanol–water partition coefficient (Wildman–Crippen LogP) is 0.415. The Morgan fingerprint density at radius 2 is 2.12 bits per heavy atom. The zero-order chi connectivity index (χ0) is 11.2. The van der Waals surface area contributed by atoms with Gasteiger partial charge in [-0.3, -0.25) is 0 Å². The molecule has 0 saturated carbocycles. The summed E-state index contributed by atoms with van der Waals surface area (Å²) in [7, 11) is 0. The highest BCUT2D eigenvalue weighted by atomic mass is 16.5. The van der Waals surface area contributed by atoms with Gasteiger partial charge in [-0.15, -0.1) is 0 Å². The van der Waals surface area contributed by atoms with Crippen LogP contribution < -0.4 is 10.1 Å². The molecule has 1 aromatic carbocycles. The molecule has 1 saturated heterocycles. The molecule has 1 fully saturated rings. The van der Waals surface area contributed by atoms with Crippen molar-refractivity contribution >= 4 is 0 Å². The summed E-state index contributed by atoms with van der Waals surface area (Å²) in [6.07, 6.45) is -0.392. The Balaban J connectivity index is 1.62. The molecule has 0 aromatic heterocycles. The van der Waals surface area contributed by atoms with E-state index in [4.69, 9.17) is 9.47 Å². The van der Waals surface area contributed by atoms with Crippen LogP contribution >= 0.6 is 0 Å². The van der Waals surface area contributed by atoms with E-state index in [0.29, 0.717) is 26.4 Å². The standard InChI is InChI=1S/C12H17NO3/c14-12-9-15-8-11(12)13-6-7-16-10-4-2-1-3-5-10/h1-5,11-14H,6-9H2/t11-,12-/m1/s1. The topological polar surface area (TPSA) is 50.7 Å². The van der Waals surface area contributed by atoms with Crippen LogP contribution in [0.1, 0.15) is 0 Å². The summed E-state index contributed by atoms with van der Waals surface area (Å²) in [4.78, 5) is 0. The number of rotatable bonds is 5. The number of aliphatic hydroxyl groups excluding tert-OH is 1. The molecule has 88 valence electrons. The first-order chi connectivity index (χ1) is 7.86. The molecule has 2 rings (SSSR count). The largest absolute Gasteiger partial charge is 0.492 e. The molecule has 1 aliphatic heterocycles. The Bertz CT molecular complexity index is 304. The van der Waals surface area contributed by atoms with Crippen molar-refractivity contribution in [1.82, 2.24) is 5.32 Å². The van der Waals surface area contributed by atoms with Crippen molar-refractivity contribution in [3.63, 3.8) is 0 Å². The van der Waals surface area contributed by atoms with Crippen LogP contribution in [0.5, 0.6) is 5.75 Å². The number of ether oxygens (including phenoxy) is 2. The van der Waals surface area contributed by atoms with Gasteiger partial charge < -0.3 is 19.9 Å². The summed E-state index contributed by atoms with van der Waals surface area (Å²) in [5.41, 5.74) is 0. The highest BCUT2D eigenvalue weighted by Gasteiger charge is 2.24. The summed E-state index contributed by atoms with van der Waals surface area (Å²) in [5.74, 6) is 0.868. The first-order valence-electron chi connectivity index (χ1n) is 5.53. The van der Waals surface area contributed by atoms with E-state index in [0.717, 1.165) is 5.75 Å². The van der Waals surface area contributed by atoms with Crippen molar-refractivity contribution in [2.75, 3.05) is 26.4 Å². The van der Waals surface area contributed by atoms with Crippen molar-refractivity contribution < 1.29 is 14.6 Å². The van der Waals surface area contributed by atoms with Crippen LogP contribution in [0.25, 0.3) is 0 Å². The number of hydrogen-bond donors (Lipinski definition) is 2. The Hall–Kier alpha value is -1.10. The average Bonchev–Trinajstić information content (AvgIpc) is 2.72. The van der Waals surface area contributed by atoms with Crippen molar-refractivity contribution in [3.8, 4) is 5.75 Å². The fourth-order valence-corrected chi connectivity index (χ4v) is 1.67. The van der Waals surface area contributed by atoms with Gasteiger partial charge in [0.15, 0.2) is 0 Å². The third-order valence-electron chi connectivity index (χ3n) is 2.57. The van der Waals surface area contributed by atoms with Crippen molar-refractivity contribution in [2.24, 2.45) is 0 Å². The van der Waals surface area contributed by atoms with Gasteiger partial charge in [0.2, 0.25) is 0 Å². The van der Waals surface area contributed by atoms with Gasteiger partial charge in [0.1, 0.15) is 12.4 Å². The highest BCUT2D eigenvalue weighted by Crippen LogP contribution is 2.08. The minimum Gasteiger partial charge on any atom is -0.492 e. The maximum absolute atomic E-state index is 9.48. The van der Waals surface area contributed by atoms with Crippen molar-refractivity contribution in [3.05, 3.63) is 30.3 Å². The lowest BCUT2D eigenvalue weighted by atomic mass is 10.2. The Kier molecular flexibility index (Phi) is 4.16. The lowest BCUT2D eigenvalue weighted by Crippen LogP contribution is -2.40. The summed E-state index contributed by atoms with van der Waals surface area (Å²) in [6.45, 7) is 2.30. The maximum atomic E-state index is 9.48. The fraction of sp³-hybridized carbons (Fsp3) is 0.500. The first-order valence-corrected chi connectivity index (χ1v) is 5.53. The molecule has 0 aliphatic carbocycles. The van der Waals surface area contributed by atoms with E-state index in [1.54, 1.807) is 0 Å². The molecular weight excluding hydrogens is 206 g/mol. The van der Waals surface area contributed by atoms with Crippen LogP contribution in [0.2, 0.25) is 0 Å². The van der Waals surface area contributed by atoms with Crippen LogP contribution in [0.3, 0.4) is 0 Å². The molecule has 0 amide bonds. The number of aliphatic hydroxyl groups is 1. The molecule has 1 aliphatic rings. The van der Waals surface area contributed by atoms with Gasteiger partial charge in [-0.1, -0.05) is 18.2 Å². The zero-order valence-corrected chi connectivity index (χ0v) is 9.13. The van der Waals surface area contributed by atoms with Gasteiger partial charge in [-0.25, -0.2) is 0 Å². The van der Waals surface area contributed by atoms with Crippen LogP contribution in [0.15, 0.2) is 30.3 Å². The molecule has 0 spiro atoms. The number of para-hydroxylation sites is 1. The summed E-state index contributed by atoms with van der Waals surface area (Å²) in [6, 6.07) is 9.73. The first kappa shape index (κ1) is 11.4. The molecule has 1 aromatic rings. The van der Waals surface area contributed by atoms with Gasteiger partial charge in [0.05, 0.1) is 25.4 Å². The number of benzene rings is 1. The second kappa shape index (κ2) is 5.84. The molecule has 2 atom stereocenters. The SMILES string of the molecule is O[C@@H]1COC[C@H]1NCCOc1ccccc1. The van der Waals surface area contributed by atoms with Crippen molar-refractivity contribution in [1.29, 1.82) is 0 Å². The third-order valence-corrected chi connectivity index (χ3v) is 2.57. The normalized spacial score (nSPS) is 24.6. The van der Waals surface area contributed by atoms with E-state index in [1.807, 2.05) is 30.3 Å². The smallest absolute Gasteiger partial charge is 0.119 e. The molecule has 2 N–H and O–H groups in total. The van der Waals surface area contributed by atoms with E-state index < -0.39 is 6.10 Å². The predicted molar refractivity (Wildman–Crippen MR) is 60.6 cm³/mol. The van der Waals surface area contributed by atoms with Gasteiger partial charge in [-0.2, -0.15) is 0 Å². The molecule has 0 radical (unpaired) electrons. The minimum atomic E-state index is -0.392. The lowest BCUT2D eigenvalue weighted by Gasteiger charge is -2.14. The quantitative estimate of drug-likeness (QED) is 0.710. The Morgan fingerprint density at radius 1 is 1.31 bits per heavy atom. The molecule has 16 heavy (non-hydrogen) atoms. The Labute approximate surface area is 95.2 Å². The molecule has 4 heteroatoms. The van der Waals surface area contributed by atoms with Crippen LogP contribution in [-0.4, -0.2) is 43.6 Å². The van der Waals surface area contributed by atoms with Crippen LogP contribution in [-0.2, 0) is 4.74 Å². The summed E-state index contributed by atoms with van der Waals surface area (Å²) in [5, 5.41) is 12.7. The molecule has 1 heterocycles. The molecule has 4 nitrogen and oxygen atoms in total. The molecule has 0 unspecified atom stereocenters. The summed E-state index contributed by atoms with van der Waals surface area (Å²) >= 11 is 0. The zero-order valence-electron chi connectivity index (χ0n) is 9.13. The fourth-order valence-electron chi connectivity index (χ4n) is 1.67. The van der Waals surface area contributed by atoms with Gasteiger partial charge in [0.25, 0.3) is 0 Å². The van der Waals surface area contributed by atoms with E-state index in [2.05, 4.69) is 5.32 Å². The highest BCUT2D eigenvalue weighted by molar-refractivity contribution is 5.20. The Morgan fingerprint density at radius 3 is 2.81 bits per heavy atom. The van der Waals surface area contributed by atoms with E-state index in [1.165, 1.54) is 0 Å². The monoisotopic (exact) mass is 223 g/mol. The van der Waals surface area contributed by atoms with Crippen LogP contribution in [0.4, 0.5) is 0 Å². The van der Waals surface area contributed by atoms with Crippen molar-refractivity contribution in [2.45, 2.75) is 12.1 Å². The van der Waals surface area contributed by atoms with Gasteiger partial charge in [-0.05, 0) is 12.1 Å².